The summed E-state index contributed by atoms with van der Waals surface area (Å²) in [5, 5.41) is 15.3. The minimum Gasteiger partial charge on any atom is -0.488 e. The van der Waals surface area contributed by atoms with Crippen molar-refractivity contribution in [2.75, 3.05) is 19.7 Å². The van der Waals surface area contributed by atoms with Crippen molar-refractivity contribution in [3.63, 3.8) is 0 Å². The van der Waals surface area contributed by atoms with E-state index in [-0.39, 0.29) is 19.4 Å². The molecule has 1 aromatic carbocycles. The van der Waals surface area contributed by atoms with Crippen LogP contribution in [0.2, 0.25) is 5.02 Å². The van der Waals surface area contributed by atoms with Crippen molar-refractivity contribution >= 4 is 23.4 Å². The zero-order valence-corrected chi connectivity index (χ0v) is 19.8. The van der Waals surface area contributed by atoms with Gasteiger partial charge in [-0.05, 0) is 37.0 Å². The fourth-order valence-corrected chi connectivity index (χ4v) is 4.25. The molecule has 2 fully saturated rings. The lowest BCUT2D eigenvalue weighted by atomic mass is 10.0. The molecule has 1 aromatic rings. The van der Waals surface area contributed by atoms with Crippen molar-refractivity contribution in [2.45, 2.75) is 55.9 Å². The largest absolute Gasteiger partial charge is 0.488 e. The van der Waals surface area contributed by atoms with Crippen LogP contribution >= 0.6 is 11.6 Å². The standard InChI is InChI=1S/C25H30ClFN4O3/c1-3-5-10-31-15-18(27)14-21(31)24(33)29-20(23(32)30-25(16-28)8-9-25)13-17-6-7-22(19(26)12-17)34-11-4-2/h3-4,6-7,12,18,20-21H,1-2,5,8-11,13-15H2,(H,29,33)(H,30,32)/t18?,20-,21-/m0/s1. The molecule has 2 aliphatic rings. The van der Waals surface area contributed by atoms with Gasteiger partial charge in [0.25, 0.3) is 0 Å². The van der Waals surface area contributed by atoms with Gasteiger partial charge in [0, 0.05) is 25.9 Å². The molecular formula is C25H30ClFN4O3. The Morgan fingerprint density at radius 3 is 2.76 bits per heavy atom. The molecule has 1 unspecified atom stereocenters. The van der Waals surface area contributed by atoms with E-state index in [2.05, 4.69) is 29.9 Å². The highest BCUT2D eigenvalue weighted by molar-refractivity contribution is 6.32. The van der Waals surface area contributed by atoms with Gasteiger partial charge in [-0.3, -0.25) is 14.5 Å². The molecule has 1 heterocycles. The summed E-state index contributed by atoms with van der Waals surface area (Å²) < 4.78 is 19.6. The first kappa shape index (κ1) is 25.7. The molecule has 0 radical (unpaired) electrons. The summed E-state index contributed by atoms with van der Waals surface area (Å²) >= 11 is 6.31. The van der Waals surface area contributed by atoms with Gasteiger partial charge in [-0.25, -0.2) is 4.39 Å². The van der Waals surface area contributed by atoms with E-state index in [4.69, 9.17) is 16.3 Å². The van der Waals surface area contributed by atoms with Gasteiger partial charge >= 0.3 is 0 Å². The summed E-state index contributed by atoms with van der Waals surface area (Å²) in [5.74, 6) is -0.388. The van der Waals surface area contributed by atoms with Crippen LogP contribution in [0.5, 0.6) is 5.75 Å². The van der Waals surface area contributed by atoms with Crippen molar-refractivity contribution in [1.82, 2.24) is 15.5 Å². The van der Waals surface area contributed by atoms with Crippen molar-refractivity contribution in [1.29, 1.82) is 5.26 Å². The molecule has 2 N–H and O–H groups in total. The van der Waals surface area contributed by atoms with Crippen LogP contribution in [-0.2, 0) is 16.0 Å². The Hall–Kier alpha value is -2.89. The highest BCUT2D eigenvalue weighted by Gasteiger charge is 2.46. The zero-order chi connectivity index (χ0) is 24.7. The Balaban J connectivity index is 1.75. The number of amides is 2. The lowest BCUT2D eigenvalue weighted by Crippen LogP contribution is -2.55. The molecule has 0 spiro atoms. The number of carbonyl (C=O) groups is 2. The van der Waals surface area contributed by atoms with E-state index in [1.165, 1.54) is 0 Å². The molecule has 3 atom stereocenters. The van der Waals surface area contributed by atoms with Gasteiger partial charge in [0.1, 0.15) is 30.1 Å². The van der Waals surface area contributed by atoms with E-state index in [1.807, 2.05) is 0 Å². The number of rotatable bonds is 12. The first-order valence-electron chi connectivity index (χ1n) is 11.4. The third kappa shape index (κ3) is 6.58. The van der Waals surface area contributed by atoms with E-state index >= 15 is 0 Å². The first-order valence-corrected chi connectivity index (χ1v) is 11.7. The van der Waals surface area contributed by atoms with Crippen LogP contribution in [0.1, 0.15) is 31.2 Å². The Morgan fingerprint density at radius 2 is 2.15 bits per heavy atom. The molecule has 1 aliphatic heterocycles. The number of halogens is 2. The van der Waals surface area contributed by atoms with E-state index in [0.29, 0.717) is 48.7 Å². The Bertz CT molecular complexity index is 975. The number of hydrogen-bond donors (Lipinski definition) is 2. The molecule has 0 bridgehead atoms. The fraction of sp³-hybridized carbons (Fsp3) is 0.480. The number of nitrogens with zero attached hydrogens (tertiary/aromatic N) is 2. The molecule has 2 amide bonds. The maximum absolute atomic E-state index is 14.1. The molecule has 0 aromatic heterocycles. The van der Waals surface area contributed by atoms with Gasteiger partial charge in [0.2, 0.25) is 11.8 Å². The SMILES string of the molecule is C=CCCN1CC(F)C[C@H]1C(=O)N[C@@H](Cc1ccc(OCC=C)c(Cl)c1)C(=O)NC1(C#N)CC1. The van der Waals surface area contributed by atoms with Crippen molar-refractivity contribution < 1.29 is 18.7 Å². The van der Waals surface area contributed by atoms with Crippen LogP contribution in [0, 0.1) is 11.3 Å². The van der Waals surface area contributed by atoms with Crippen LogP contribution in [0.3, 0.4) is 0 Å². The molecular weight excluding hydrogens is 459 g/mol. The third-order valence-electron chi connectivity index (χ3n) is 6.03. The second kappa shape index (κ2) is 11.5. The van der Waals surface area contributed by atoms with Crippen molar-refractivity contribution in [2.24, 2.45) is 0 Å². The quantitative estimate of drug-likeness (QED) is 0.441. The highest BCUT2D eigenvalue weighted by Crippen LogP contribution is 2.34. The third-order valence-corrected chi connectivity index (χ3v) is 6.32. The van der Waals surface area contributed by atoms with Crippen LogP contribution in [-0.4, -0.2) is 60.2 Å². The van der Waals surface area contributed by atoms with Crippen LogP contribution in [0.25, 0.3) is 0 Å². The first-order chi connectivity index (χ1) is 16.3. The molecule has 3 rings (SSSR count). The normalized spacial score (nSPS) is 21.7. The average Bonchev–Trinajstić information content (AvgIpc) is 3.48. The highest BCUT2D eigenvalue weighted by atomic mass is 35.5. The smallest absolute Gasteiger partial charge is 0.244 e. The summed E-state index contributed by atoms with van der Waals surface area (Å²) in [6.45, 7) is 8.27. The number of benzene rings is 1. The number of carbonyl (C=O) groups excluding carboxylic acids is 2. The van der Waals surface area contributed by atoms with Gasteiger partial charge in [0.05, 0.1) is 17.1 Å². The summed E-state index contributed by atoms with van der Waals surface area (Å²) in [6, 6.07) is 5.63. The van der Waals surface area contributed by atoms with Gasteiger partial charge in [-0.2, -0.15) is 5.26 Å². The summed E-state index contributed by atoms with van der Waals surface area (Å²) in [5.41, 5.74) is -0.176. The summed E-state index contributed by atoms with van der Waals surface area (Å²) in [6.07, 6.45) is 4.20. The van der Waals surface area contributed by atoms with E-state index in [9.17, 15) is 19.2 Å². The average molecular weight is 489 g/mol. The molecule has 7 nitrogen and oxygen atoms in total. The number of ether oxygens (including phenoxy) is 1. The molecule has 1 saturated heterocycles. The minimum atomic E-state index is -1.11. The topological polar surface area (TPSA) is 94.5 Å². The van der Waals surface area contributed by atoms with Crippen molar-refractivity contribution in [3.05, 3.63) is 54.1 Å². The molecule has 34 heavy (non-hydrogen) atoms. The number of hydrogen-bond acceptors (Lipinski definition) is 5. The van der Waals surface area contributed by atoms with Crippen molar-refractivity contribution in [3.8, 4) is 11.8 Å². The fourth-order valence-electron chi connectivity index (χ4n) is 3.99. The number of nitrogens with one attached hydrogen (secondary N) is 2. The van der Waals surface area contributed by atoms with Crippen LogP contribution in [0.15, 0.2) is 43.5 Å². The maximum atomic E-state index is 14.1. The minimum absolute atomic E-state index is 0.0701. The Morgan fingerprint density at radius 1 is 1.38 bits per heavy atom. The number of likely N-dealkylation sites (tertiary alicyclic amines) is 1. The van der Waals surface area contributed by atoms with Crippen LogP contribution < -0.4 is 15.4 Å². The molecule has 1 saturated carbocycles. The maximum Gasteiger partial charge on any atom is 0.244 e. The Labute approximate surface area is 204 Å². The lowest BCUT2D eigenvalue weighted by Gasteiger charge is -2.26. The molecule has 182 valence electrons. The number of alkyl halides is 1. The summed E-state index contributed by atoms with van der Waals surface area (Å²) in [4.78, 5) is 28.0. The predicted octanol–water partition coefficient (Wildman–Crippen LogP) is 3.09. The number of nitriles is 1. The summed E-state index contributed by atoms with van der Waals surface area (Å²) in [7, 11) is 0. The van der Waals surface area contributed by atoms with E-state index in [0.717, 1.165) is 0 Å². The second-order valence-corrected chi connectivity index (χ2v) is 9.14. The second-order valence-electron chi connectivity index (χ2n) is 8.73. The van der Waals surface area contributed by atoms with E-state index < -0.39 is 35.6 Å². The van der Waals surface area contributed by atoms with Gasteiger partial charge < -0.3 is 15.4 Å². The van der Waals surface area contributed by atoms with Gasteiger partial charge in [-0.1, -0.05) is 36.4 Å². The Kier molecular flexibility index (Phi) is 8.70. The molecule has 9 heteroatoms. The monoisotopic (exact) mass is 488 g/mol. The molecule has 1 aliphatic carbocycles. The van der Waals surface area contributed by atoms with Gasteiger partial charge in [0.15, 0.2) is 0 Å². The predicted molar refractivity (Wildman–Crippen MR) is 128 cm³/mol. The lowest BCUT2D eigenvalue weighted by molar-refractivity contribution is -0.131. The zero-order valence-electron chi connectivity index (χ0n) is 19.1. The van der Waals surface area contributed by atoms with Gasteiger partial charge in [-0.15, -0.1) is 6.58 Å². The van der Waals surface area contributed by atoms with Crippen LogP contribution in [0.4, 0.5) is 4.39 Å². The van der Waals surface area contributed by atoms with E-state index in [1.54, 1.807) is 35.3 Å².